The summed E-state index contributed by atoms with van der Waals surface area (Å²) in [4.78, 5) is 0. The molecular weight excluding hydrogens is 184 g/mol. The second kappa shape index (κ2) is 12.0. The van der Waals surface area contributed by atoms with E-state index < -0.39 is 0 Å². The van der Waals surface area contributed by atoms with E-state index in [1.165, 1.54) is 32.1 Å². The average molecular weight is 214 g/mol. The molecular formula is C13H30N2. The molecule has 1 heterocycles. The summed E-state index contributed by atoms with van der Waals surface area (Å²) in [6, 6.07) is 0. The lowest BCUT2D eigenvalue weighted by atomic mass is 9.91. The van der Waals surface area contributed by atoms with Gasteiger partial charge >= 0.3 is 0 Å². The van der Waals surface area contributed by atoms with E-state index in [-0.39, 0.29) is 0 Å². The van der Waals surface area contributed by atoms with Crippen molar-refractivity contribution in [3.05, 3.63) is 0 Å². The molecule has 0 aromatic rings. The van der Waals surface area contributed by atoms with Crippen molar-refractivity contribution in [2.24, 2.45) is 5.92 Å². The highest BCUT2D eigenvalue weighted by Crippen LogP contribution is 2.22. The molecule has 0 spiro atoms. The van der Waals surface area contributed by atoms with Crippen LogP contribution in [0.25, 0.3) is 0 Å². The summed E-state index contributed by atoms with van der Waals surface area (Å²) < 4.78 is 0. The molecule has 0 unspecified atom stereocenters. The van der Waals surface area contributed by atoms with Gasteiger partial charge in [-0.05, 0) is 5.92 Å². The minimum absolute atomic E-state index is 1.04. The van der Waals surface area contributed by atoms with E-state index in [1.54, 1.807) is 0 Å². The second-order valence-electron chi connectivity index (χ2n) is 4.24. The van der Waals surface area contributed by atoms with Crippen LogP contribution in [0.15, 0.2) is 0 Å². The zero-order valence-corrected chi connectivity index (χ0v) is 10.9. The molecule has 15 heavy (non-hydrogen) atoms. The lowest BCUT2D eigenvalue weighted by molar-refractivity contribution is 0.385. The van der Waals surface area contributed by atoms with Crippen molar-refractivity contribution >= 4 is 0 Å². The maximum atomic E-state index is 3.22. The van der Waals surface area contributed by atoms with E-state index >= 15 is 0 Å². The summed E-state index contributed by atoms with van der Waals surface area (Å²) in [5, 5.41) is 6.44. The first kappa shape index (κ1) is 14.9. The van der Waals surface area contributed by atoms with Crippen LogP contribution in [0.3, 0.4) is 0 Å². The molecule has 2 nitrogen and oxygen atoms in total. The molecule has 0 amide bonds. The zero-order valence-electron chi connectivity index (χ0n) is 10.9. The Morgan fingerprint density at radius 1 is 0.733 bits per heavy atom. The van der Waals surface area contributed by atoms with Gasteiger partial charge in [-0.1, -0.05) is 52.9 Å². The normalized spacial score (nSPS) is 21.8. The minimum Gasteiger partial charge on any atom is -0.314 e. The first-order chi connectivity index (χ1) is 7.39. The Balaban J connectivity index is 0.000000227. The highest BCUT2D eigenvalue weighted by atomic mass is 15.0. The van der Waals surface area contributed by atoms with Crippen LogP contribution in [0.5, 0.6) is 0 Å². The topological polar surface area (TPSA) is 24.1 Å². The van der Waals surface area contributed by atoms with Crippen molar-refractivity contribution in [3.63, 3.8) is 0 Å². The van der Waals surface area contributed by atoms with Crippen LogP contribution in [0.4, 0.5) is 0 Å². The molecule has 2 N–H and O–H groups in total. The van der Waals surface area contributed by atoms with Gasteiger partial charge in [0, 0.05) is 26.2 Å². The fourth-order valence-corrected chi connectivity index (χ4v) is 1.91. The van der Waals surface area contributed by atoms with Gasteiger partial charge in [0.25, 0.3) is 0 Å². The number of nitrogens with one attached hydrogen (secondary N) is 2. The van der Waals surface area contributed by atoms with Crippen molar-refractivity contribution in [1.82, 2.24) is 10.6 Å². The highest BCUT2D eigenvalue weighted by Gasteiger charge is 2.05. The first-order valence-electron chi connectivity index (χ1n) is 6.81. The molecule has 1 aliphatic heterocycles. The Hall–Kier alpha value is -0.0800. The second-order valence-corrected chi connectivity index (χ2v) is 4.24. The Labute approximate surface area is 96.2 Å². The molecule has 0 radical (unpaired) electrons. The molecule has 1 saturated heterocycles. The first-order valence-corrected chi connectivity index (χ1v) is 6.81. The number of hydrogen-bond acceptors (Lipinski definition) is 2. The van der Waals surface area contributed by atoms with Crippen molar-refractivity contribution in [2.75, 3.05) is 26.2 Å². The summed E-state index contributed by atoms with van der Waals surface area (Å²) in [7, 11) is 0. The predicted octanol–water partition coefficient (Wildman–Crippen LogP) is 2.79. The standard InChI is InChI=1S/C7H14.C4H10N2.C2H6/c1-7-5-3-2-4-6-7;1-2-6-4-3-5-1;1-2/h7H,2-6H2,1H3;5-6H,1-4H2;1-2H3. The highest BCUT2D eigenvalue weighted by molar-refractivity contribution is 4.60. The molecule has 0 atom stereocenters. The van der Waals surface area contributed by atoms with Gasteiger partial charge in [0.2, 0.25) is 0 Å². The molecule has 2 heteroatoms. The van der Waals surface area contributed by atoms with Gasteiger partial charge in [0.1, 0.15) is 0 Å². The van der Waals surface area contributed by atoms with E-state index in [9.17, 15) is 0 Å². The van der Waals surface area contributed by atoms with E-state index in [2.05, 4.69) is 17.6 Å². The number of rotatable bonds is 0. The molecule has 2 aliphatic rings. The minimum atomic E-state index is 1.04. The Morgan fingerprint density at radius 3 is 1.33 bits per heavy atom. The summed E-state index contributed by atoms with van der Waals surface area (Å²) in [5.74, 6) is 1.04. The van der Waals surface area contributed by atoms with Crippen molar-refractivity contribution in [2.45, 2.75) is 52.9 Å². The molecule has 0 bridgehead atoms. The molecule has 0 aromatic carbocycles. The zero-order chi connectivity index (χ0) is 11.4. The average Bonchev–Trinajstić information content (AvgIpc) is 2.36. The SMILES string of the molecule is C1CNCCN1.CC.CC1CCCCC1. The third-order valence-corrected chi connectivity index (χ3v) is 2.85. The van der Waals surface area contributed by atoms with E-state index in [0.717, 1.165) is 32.1 Å². The molecule has 92 valence electrons. The third-order valence-electron chi connectivity index (χ3n) is 2.85. The van der Waals surface area contributed by atoms with Gasteiger partial charge in [-0.3, -0.25) is 0 Å². The predicted molar refractivity (Wildman–Crippen MR) is 69.3 cm³/mol. The van der Waals surface area contributed by atoms with Crippen LogP contribution in [0.2, 0.25) is 0 Å². The van der Waals surface area contributed by atoms with Gasteiger partial charge in [-0.25, -0.2) is 0 Å². The summed E-state index contributed by atoms with van der Waals surface area (Å²) in [6.07, 6.45) is 7.44. The smallest absolute Gasteiger partial charge is 0.00772 e. The van der Waals surface area contributed by atoms with E-state index in [0.29, 0.717) is 0 Å². The van der Waals surface area contributed by atoms with Crippen LogP contribution >= 0.6 is 0 Å². The Morgan fingerprint density at radius 2 is 1.13 bits per heavy atom. The summed E-state index contributed by atoms with van der Waals surface area (Å²) in [6.45, 7) is 10.9. The fraction of sp³-hybridized carbons (Fsp3) is 1.00. The fourth-order valence-electron chi connectivity index (χ4n) is 1.91. The van der Waals surface area contributed by atoms with E-state index in [4.69, 9.17) is 0 Å². The van der Waals surface area contributed by atoms with Gasteiger partial charge in [-0.2, -0.15) is 0 Å². The lowest BCUT2D eigenvalue weighted by Gasteiger charge is -2.15. The quantitative estimate of drug-likeness (QED) is 0.648. The third kappa shape index (κ3) is 10.2. The molecule has 1 saturated carbocycles. The van der Waals surface area contributed by atoms with Crippen molar-refractivity contribution in [3.8, 4) is 0 Å². The van der Waals surface area contributed by atoms with Crippen LogP contribution in [0, 0.1) is 5.92 Å². The molecule has 0 aromatic heterocycles. The van der Waals surface area contributed by atoms with Crippen molar-refractivity contribution < 1.29 is 0 Å². The Kier molecular flexibility index (Phi) is 11.9. The summed E-state index contributed by atoms with van der Waals surface area (Å²) in [5.41, 5.74) is 0. The number of piperazine rings is 1. The monoisotopic (exact) mass is 214 g/mol. The maximum absolute atomic E-state index is 3.22. The summed E-state index contributed by atoms with van der Waals surface area (Å²) >= 11 is 0. The van der Waals surface area contributed by atoms with Gasteiger partial charge in [-0.15, -0.1) is 0 Å². The molecule has 2 fully saturated rings. The van der Waals surface area contributed by atoms with E-state index in [1.807, 2.05) is 13.8 Å². The molecule has 2 rings (SSSR count). The van der Waals surface area contributed by atoms with Crippen LogP contribution in [0.1, 0.15) is 52.9 Å². The van der Waals surface area contributed by atoms with Gasteiger partial charge in [0.15, 0.2) is 0 Å². The van der Waals surface area contributed by atoms with Crippen molar-refractivity contribution in [1.29, 1.82) is 0 Å². The van der Waals surface area contributed by atoms with Gasteiger partial charge in [0.05, 0.1) is 0 Å². The largest absolute Gasteiger partial charge is 0.314 e. The number of hydrogen-bond donors (Lipinski definition) is 2. The van der Waals surface area contributed by atoms with Crippen LogP contribution in [-0.2, 0) is 0 Å². The van der Waals surface area contributed by atoms with Gasteiger partial charge < -0.3 is 10.6 Å². The lowest BCUT2D eigenvalue weighted by Crippen LogP contribution is -2.39. The van der Waals surface area contributed by atoms with Crippen LogP contribution in [-0.4, -0.2) is 26.2 Å². The molecule has 1 aliphatic carbocycles. The maximum Gasteiger partial charge on any atom is 0.00772 e. The Bertz CT molecular complexity index is 93.6. The van der Waals surface area contributed by atoms with Crippen LogP contribution < -0.4 is 10.6 Å².